The Kier molecular flexibility index (Phi) is 10.4. The molecule has 0 aromatic heterocycles. The summed E-state index contributed by atoms with van der Waals surface area (Å²) in [6.45, 7) is 3.33. The minimum atomic E-state index is -4.25. The quantitative estimate of drug-likeness (QED) is 0.335. The molecule has 10 nitrogen and oxygen atoms in total. The predicted molar refractivity (Wildman–Crippen MR) is 152 cm³/mol. The van der Waals surface area contributed by atoms with Gasteiger partial charge in [-0.15, -0.1) is 0 Å². The molecule has 0 fully saturated rings. The summed E-state index contributed by atoms with van der Waals surface area (Å²) in [5.41, 5.74) is 1.04. The summed E-state index contributed by atoms with van der Waals surface area (Å²) in [5, 5.41) is 2.74. The van der Waals surface area contributed by atoms with E-state index in [1.807, 2.05) is 0 Å². The topological polar surface area (TPSA) is 114 Å². The molecule has 1 N–H and O–H groups in total. The van der Waals surface area contributed by atoms with Crippen molar-refractivity contribution in [2.75, 3.05) is 38.7 Å². The maximum absolute atomic E-state index is 14.0. The highest BCUT2D eigenvalue weighted by Gasteiger charge is 2.33. The summed E-state index contributed by atoms with van der Waals surface area (Å²) < 4.78 is 44.7. The highest BCUT2D eigenvalue weighted by Crippen LogP contribution is 2.32. The number of nitrogens with zero attached hydrogens (tertiary/aromatic N) is 2. The SMILES string of the molecule is CCNC(=O)[C@H](C)N(Cc1ccc(OC)cc1)C(=O)CN(c1ccccc1)S(=O)(=O)c1ccc(OC)c(OC)c1. The zero-order chi connectivity index (χ0) is 29.3. The highest BCUT2D eigenvalue weighted by molar-refractivity contribution is 7.92. The van der Waals surface area contributed by atoms with Crippen LogP contribution in [0.15, 0.2) is 77.7 Å². The highest BCUT2D eigenvalue weighted by atomic mass is 32.2. The summed E-state index contributed by atoms with van der Waals surface area (Å²) in [4.78, 5) is 28.0. The number of sulfonamides is 1. The van der Waals surface area contributed by atoms with E-state index >= 15 is 0 Å². The van der Waals surface area contributed by atoms with Crippen molar-refractivity contribution in [2.45, 2.75) is 31.3 Å². The lowest BCUT2D eigenvalue weighted by molar-refractivity contribution is -0.139. The van der Waals surface area contributed by atoms with Crippen molar-refractivity contribution >= 4 is 27.5 Å². The van der Waals surface area contributed by atoms with Crippen LogP contribution in [0, 0.1) is 0 Å². The summed E-state index contributed by atoms with van der Waals surface area (Å²) in [5.74, 6) is 0.342. The molecule has 0 bridgehead atoms. The number of anilines is 1. The number of nitrogens with one attached hydrogen (secondary N) is 1. The first-order valence-electron chi connectivity index (χ1n) is 12.7. The molecule has 3 aromatic rings. The average Bonchev–Trinajstić information content (AvgIpc) is 2.98. The molecule has 0 saturated heterocycles. The lowest BCUT2D eigenvalue weighted by Crippen LogP contribution is -2.51. The van der Waals surface area contributed by atoms with Crippen LogP contribution in [-0.2, 0) is 26.2 Å². The van der Waals surface area contributed by atoms with Crippen molar-refractivity contribution in [2.24, 2.45) is 0 Å². The van der Waals surface area contributed by atoms with Crippen LogP contribution in [-0.4, -0.2) is 65.6 Å². The van der Waals surface area contributed by atoms with Gasteiger partial charge in [-0.05, 0) is 55.8 Å². The molecule has 0 saturated carbocycles. The fraction of sp³-hybridized carbons (Fsp3) is 0.310. The van der Waals surface area contributed by atoms with Crippen molar-refractivity contribution in [3.05, 3.63) is 78.4 Å². The number of hydrogen-bond donors (Lipinski definition) is 1. The van der Waals surface area contributed by atoms with Crippen LogP contribution < -0.4 is 23.8 Å². The number of likely N-dealkylation sites (N-methyl/N-ethyl adjacent to an activating group) is 1. The molecule has 1 atom stereocenters. The lowest BCUT2D eigenvalue weighted by Gasteiger charge is -2.32. The molecule has 2 amide bonds. The Labute approximate surface area is 235 Å². The Morgan fingerprint density at radius 2 is 1.52 bits per heavy atom. The molecule has 3 aromatic carbocycles. The second-order valence-electron chi connectivity index (χ2n) is 8.80. The van der Waals surface area contributed by atoms with Gasteiger partial charge in [-0.3, -0.25) is 13.9 Å². The molecular weight excluding hydrogens is 534 g/mol. The van der Waals surface area contributed by atoms with E-state index in [1.165, 1.54) is 37.3 Å². The third-order valence-electron chi connectivity index (χ3n) is 6.30. The van der Waals surface area contributed by atoms with E-state index in [0.717, 1.165) is 9.87 Å². The summed E-state index contributed by atoms with van der Waals surface area (Å²) in [6, 6.07) is 18.8. The predicted octanol–water partition coefficient (Wildman–Crippen LogP) is 3.46. The van der Waals surface area contributed by atoms with Crippen LogP contribution in [0.3, 0.4) is 0 Å². The zero-order valence-corrected chi connectivity index (χ0v) is 24.1. The van der Waals surface area contributed by atoms with Crippen molar-refractivity contribution in [3.63, 3.8) is 0 Å². The molecule has 0 radical (unpaired) electrons. The minimum absolute atomic E-state index is 0.0831. The minimum Gasteiger partial charge on any atom is -0.497 e. The first-order chi connectivity index (χ1) is 19.2. The fourth-order valence-corrected chi connectivity index (χ4v) is 5.49. The van der Waals surface area contributed by atoms with Gasteiger partial charge in [0.05, 0.1) is 31.9 Å². The van der Waals surface area contributed by atoms with Gasteiger partial charge >= 0.3 is 0 Å². The van der Waals surface area contributed by atoms with Gasteiger partial charge in [0.2, 0.25) is 11.8 Å². The van der Waals surface area contributed by atoms with Gasteiger partial charge in [-0.2, -0.15) is 0 Å². The molecular formula is C29H35N3O7S. The number of carbonyl (C=O) groups excluding carboxylic acids is 2. The van der Waals surface area contributed by atoms with Gasteiger partial charge in [-0.1, -0.05) is 30.3 Å². The van der Waals surface area contributed by atoms with Gasteiger partial charge in [0.15, 0.2) is 11.5 Å². The molecule has 0 unspecified atom stereocenters. The average molecular weight is 570 g/mol. The number of methoxy groups -OCH3 is 3. The number of amides is 2. The van der Waals surface area contributed by atoms with Crippen molar-refractivity contribution in [3.8, 4) is 17.2 Å². The van der Waals surface area contributed by atoms with Crippen molar-refractivity contribution in [1.82, 2.24) is 10.2 Å². The van der Waals surface area contributed by atoms with E-state index in [9.17, 15) is 18.0 Å². The van der Waals surface area contributed by atoms with Gasteiger partial charge in [0, 0.05) is 19.2 Å². The van der Waals surface area contributed by atoms with E-state index in [-0.39, 0.29) is 23.1 Å². The molecule has 3 rings (SSSR count). The molecule has 214 valence electrons. The standard InChI is InChI=1S/C29H35N3O7S/c1-6-30-29(34)21(2)31(19-22-12-14-24(37-3)15-13-22)28(33)20-32(23-10-8-7-9-11-23)40(35,36)25-16-17-26(38-4)27(18-25)39-5/h7-18,21H,6,19-20H2,1-5H3,(H,30,34)/t21-/m0/s1. The van der Waals surface area contributed by atoms with E-state index in [1.54, 1.807) is 75.6 Å². The smallest absolute Gasteiger partial charge is 0.264 e. The molecule has 0 aliphatic heterocycles. The normalized spacial score (nSPS) is 11.7. The van der Waals surface area contributed by atoms with Crippen LogP contribution in [0.25, 0.3) is 0 Å². The zero-order valence-electron chi connectivity index (χ0n) is 23.3. The van der Waals surface area contributed by atoms with Crippen LogP contribution in [0.4, 0.5) is 5.69 Å². The van der Waals surface area contributed by atoms with Gasteiger partial charge in [0.1, 0.15) is 18.3 Å². The summed E-state index contributed by atoms with van der Waals surface area (Å²) in [6.07, 6.45) is 0. The Morgan fingerprint density at radius 3 is 2.10 bits per heavy atom. The van der Waals surface area contributed by atoms with Gasteiger partial charge in [0.25, 0.3) is 10.0 Å². The first-order valence-corrected chi connectivity index (χ1v) is 14.1. The van der Waals surface area contributed by atoms with Gasteiger partial charge < -0.3 is 24.4 Å². The Balaban J connectivity index is 2.03. The van der Waals surface area contributed by atoms with Crippen LogP contribution in [0.1, 0.15) is 19.4 Å². The monoisotopic (exact) mass is 569 g/mol. The third kappa shape index (κ3) is 7.03. The first kappa shape index (κ1) is 30.3. The van der Waals surface area contributed by atoms with Crippen LogP contribution >= 0.6 is 0 Å². The maximum atomic E-state index is 14.0. The molecule has 0 aliphatic rings. The number of benzene rings is 3. The summed E-state index contributed by atoms with van der Waals surface area (Å²) in [7, 11) is 0.171. The van der Waals surface area contributed by atoms with E-state index in [0.29, 0.717) is 23.7 Å². The maximum Gasteiger partial charge on any atom is 0.264 e. The van der Waals surface area contributed by atoms with Gasteiger partial charge in [-0.25, -0.2) is 8.42 Å². The second kappa shape index (κ2) is 13.7. The van der Waals surface area contributed by atoms with E-state index in [4.69, 9.17) is 14.2 Å². The molecule has 0 aliphatic carbocycles. The molecule has 11 heteroatoms. The third-order valence-corrected chi connectivity index (χ3v) is 8.07. The Morgan fingerprint density at radius 1 is 0.875 bits per heavy atom. The molecule has 0 heterocycles. The largest absolute Gasteiger partial charge is 0.497 e. The second-order valence-corrected chi connectivity index (χ2v) is 10.7. The van der Waals surface area contributed by atoms with Crippen molar-refractivity contribution in [1.29, 1.82) is 0 Å². The number of ether oxygens (including phenoxy) is 3. The molecule has 40 heavy (non-hydrogen) atoms. The number of carbonyl (C=O) groups is 2. The van der Waals surface area contributed by atoms with Crippen molar-refractivity contribution < 1.29 is 32.2 Å². The van der Waals surface area contributed by atoms with Crippen LogP contribution in [0.2, 0.25) is 0 Å². The lowest BCUT2D eigenvalue weighted by atomic mass is 10.1. The summed E-state index contributed by atoms with van der Waals surface area (Å²) >= 11 is 0. The molecule has 0 spiro atoms. The Hall–Kier alpha value is -4.25. The number of rotatable bonds is 13. The fourth-order valence-electron chi connectivity index (χ4n) is 4.06. The van der Waals surface area contributed by atoms with Crippen LogP contribution in [0.5, 0.6) is 17.2 Å². The van der Waals surface area contributed by atoms with E-state index in [2.05, 4.69) is 5.32 Å². The van der Waals surface area contributed by atoms with E-state index < -0.39 is 28.5 Å². The number of hydrogen-bond acceptors (Lipinski definition) is 7. The number of para-hydroxylation sites is 1. The Bertz CT molecular complexity index is 1400.